The Hall–Kier alpha value is -0.0700. The van der Waals surface area contributed by atoms with Crippen LogP contribution in [0.4, 0.5) is 0 Å². The molecule has 0 radical (unpaired) electrons. The van der Waals surface area contributed by atoms with Crippen LogP contribution in [-0.2, 0) is 9.59 Å². The van der Waals surface area contributed by atoms with Gasteiger partial charge in [-0.3, -0.25) is 4.79 Å². The lowest BCUT2D eigenvalue weighted by molar-refractivity contribution is -0.123. The van der Waals surface area contributed by atoms with Crippen molar-refractivity contribution in [2.24, 2.45) is 0 Å². The third-order valence-electron chi connectivity index (χ3n) is 0. The molecule has 0 aromatic carbocycles. The highest BCUT2D eigenvalue weighted by molar-refractivity contribution is 6.63. The molecule has 0 aliphatic carbocycles. The summed E-state index contributed by atoms with van der Waals surface area (Å²) in [6.45, 7) is 2.81. The molecule has 0 heterocycles. The zero-order valence-corrected chi connectivity index (χ0v) is 10.3. The van der Waals surface area contributed by atoms with Gasteiger partial charge in [0, 0.05) is 7.11 Å². The van der Waals surface area contributed by atoms with Crippen LogP contribution in [0, 0.1) is 0 Å². The van der Waals surface area contributed by atoms with E-state index >= 15 is 0 Å². The average Bonchev–Trinajstić information content (AvgIpc) is 1.89. The van der Waals surface area contributed by atoms with Crippen molar-refractivity contribution in [3.05, 3.63) is 0 Å². The van der Waals surface area contributed by atoms with Crippen LogP contribution < -0.4 is 0 Å². The largest absolute Gasteiger partial charge is 0.483 e. The molecule has 0 spiro atoms. The lowest BCUT2D eigenvalue weighted by Crippen LogP contribution is -1.69. The first-order valence-corrected chi connectivity index (χ1v) is 4.11. The van der Waals surface area contributed by atoms with Gasteiger partial charge in [0.05, 0.1) is 0 Å². The van der Waals surface area contributed by atoms with Crippen LogP contribution in [0.2, 0.25) is 0 Å². The number of carbonyl (C=O) groups excluding carboxylic acids is 1. The Morgan fingerprint density at radius 1 is 1.21 bits per heavy atom. The number of aliphatic hydroxyl groups excluding tert-OH is 1. The van der Waals surface area contributed by atoms with Crippen LogP contribution in [0.25, 0.3) is 0 Å². The molecule has 0 amide bonds. The Morgan fingerprint density at radius 2 is 1.21 bits per heavy atom. The van der Waals surface area contributed by atoms with Crippen molar-refractivity contribution >= 4 is 47.1 Å². The van der Waals surface area contributed by atoms with E-state index in [9.17, 15) is 4.79 Å². The molecule has 0 aliphatic heterocycles. The van der Waals surface area contributed by atoms with Gasteiger partial charge < -0.3 is 20.5 Å². The molecule has 8 heteroatoms. The van der Waals surface area contributed by atoms with E-state index in [1.807, 2.05) is 0 Å². The van der Waals surface area contributed by atoms with Crippen molar-refractivity contribution < 1.29 is 25.3 Å². The Kier molecular flexibility index (Phi) is 79.9. The second-order valence-electron chi connectivity index (χ2n) is 1.26. The van der Waals surface area contributed by atoms with E-state index in [1.54, 1.807) is 0 Å². The molecular formula is C6H15Cl3O5. The summed E-state index contributed by atoms with van der Waals surface area (Å²) in [6, 6.07) is 0. The molecule has 0 bridgehead atoms. The second-order valence-corrected chi connectivity index (χ2v) is 3.24. The highest BCUT2D eigenvalue weighted by Crippen LogP contribution is 2.03. The summed E-state index contributed by atoms with van der Waals surface area (Å²) < 4.78 is -0.750. The van der Waals surface area contributed by atoms with Crippen LogP contribution in [0.3, 0.4) is 0 Å². The van der Waals surface area contributed by atoms with Gasteiger partial charge in [0.2, 0.25) is 0 Å². The van der Waals surface area contributed by atoms with Crippen LogP contribution in [0.1, 0.15) is 13.8 Å². The molecule has 4 N–H and O–H groups in total. The minimum absolute atomic E-state index is 0. The summed E-state index contributed by atoms with van der Waals surface area (Å²) in [5.41, 5.74) is 0. The first-order chi connectivity index (χ1) is 5.88. The van der Waals surface area contributed by atoms with Crippen molar-refractivity contribution in [3.63, 3.8) is 0 Å². The van der Waals surface area contributed by atoms with Crippen LogP contribution >= 0.6 is 34.8 Å². The zero-order valence-electron chi connectivity index (χ0n) is 8.00. The Morgan fingerprint density at radius 3 is 1.21 bits per heavy atom. The van der Waals surface area contributed by atoms with Crippen molar-refractivity contribution in [2.75, 3.05) is 7.11 Å². The summed E-state index contributed by atoms with van der Waals surface area (Å²) >= 11 is 14.4. The van der Waals surface area contributed by atoms with E-state index in [1.165, 1.54) is 13.8 Å². The van der Waals surface area contributed by atoms with Crippen molar-refractivity contribution in [1.82, 2.24) is 0 Å². The summed E-state index contributed by atoms with van der Waals surface area (Å²) in [6.07, 6.45) is 0. The van der Waals surface area contributed by atoms with Gasteiger partial charge in [-0.1, -0.05) is 34.8 Å². The summed E-state index contributed by atoms with van der Waals surface area (Å²) in [4.78, 5) is 17.8. The average molecular weight is 274 g/mol. The first-order valence-electron chi connectivity index (χ1n) is 2.80. The van der Waals surface area contributed by atoms with E-state index < -0.39 is 4.30 Å². The molecule has 14 heavy (non-hydrogen) atoms. The molecular weight excluding hydrogens is 258 g/mol. The fourth-order valence-electron chi connectivity index (χ4n) is 0. The maximum atomic E-state index is 9.44. The number of rotatable bonds is 0. The van der Waals surface area contributed by atoms with E-state index in [-0.39, 0.29) is 17.7 Å². The van der Waals surface area contributed by atoms with Gasteiger partial charge in [0.25, 0.3) is 6.47 Å². The molecule has 0 saturated heterocycles. The molecule has 90 valence electrons. The second kappa shape index (κ2) is 38.3. The number of carbonyl (C=O) groups is 2. The SMILES string of the molecule is CC(C)=O.CO.ClC(Cl)Cl.O.O=CO. The molecule has 0 atom stereocenters. The third-order valence-corrected chi connectivity index (χ3v) is 0. The number of halogens is 3. The number of Topliss-reactive ketones (excluding diaryl/α,β-unsaturated/α-hetero) is 1. The Balaban J connectivity index is -0.0000000260. The summed E-state index contributed by atoms with van der Waals surface area (Å²) in [7, 11) is 1.00. The van der Waals surface area contributed by atoms with E-state index in [4.69, 9.17) is 49.8 Å². The molecule has 0 aliphatic rings. The molecule has 5 nitrogen and oxygen atoms in total. The van der Waals surface area contributed by atoms with Gasteiger partial charge in [0.15, 0.2) is 4.30 Å². The van der Waals surface area contributed by atoms with Crippen LogP contribution in [0.15, 0.2) is 0 Å². The summed E-state index contributed by atoms with van der Waals surface area (Å²) in [5, 5.41) is 13.9. The van der Waals surface area contributed by atoms with E-state index in [0.717, 1.165) is 7.11 Å². The standard InChI is InChI=1S/C3H6O.CHCl3.CH2O2.CH4O.H2O/c1-3(2)4;2-1(3)4;2-1-3;1-2;/h1-2H3;1H;1H,(H,2,3);2H,1H3;1H2. The minimum atomic E-state index is -0.750. The summed E-state index contributed by atoms with van der Waals surface area (Å²) in [5.74, 6) is 0.167. The maximum absolute atomic E-state index is 9.44. The Bertz CT molecular complexity index is 92.7. The number of carboxylic acid groups (broad SMARTS) is 1. The highest BCUT2D eigenvalue weighted by atomic mass is 35.6. The topological polar surface area (TPSA) is 106 Å². The fourth-order valence-corrected chi connectivity index (χ4v) is 0. The zero-order chi connectivity index (χ0) is 11.9. The lowest BCUT2D eigenvalue weighted by Gasteiger charge is -1.69. The van der Waals surface area contributed by atoms with E-state index in [0.29, 0.717) is 0 Å². The number of aliphatic hydroxyl groups is 1. The normalized spacial score (nSPS) is 5.71. The Labute approximate surface area is 97.9 Å². The predicted octanol–water partition coefficient (Wildman–Crippen LogP) is 1.07. The van der Waals surface area contributed by atoms with Gasteiger partial charge in [-0.15, -0.1) is 0 Å². The number of hydrogen-bond donors (Lipinski definition) is 2. The molecule has 0 aromatic heterocycles. The van der Waals surface area contributed by atoms with Crippen molar-refractivity contribution in [3.8, 4) is 0 Å². The van der Waals surface area contributed by atoms with Crippen LogP contribution in [0.5, 0.6) is 0 Å². The fraction of sp³-hybridized carbons (Fsp3) is 0.667. The molecule has 0 unspecified atom stereocenters. The van der Waals surface area contributed by atoms with Gasteiger partial charge in [0.1, 0.15) is 5.78 Å². The monoisotopic (exact) mass is 272 g/mol. The van der Waals surface area contributed by atoms with Gasteiger partial charge >= 0.3 is 0 Å². The number of alkyl halides is 3. The quantitative estimate of drug-likeness (QED) is 0.508. The van der Waals surface area contributed by atoms with Crippen molar-refractivity contribution in [2.45, 2.75) is 18.1 Å². The van der Waals surface area contributed by atoms with Gasteiger partial charge in [-0.05, 0) is 13.8 Å². The van der Waals surface area contributed by atoms with Gasteiger partial charge in [-0.2, -0.15) is 0 Å². The predicted molar refractivity (Wildman–Crippen MR) is 58.2 cm³/mol. The molecule has 0 rings (SSSR count). The molecule has 0 fully saturated rings. The van der Waals surface area contributed by atoms with E-state index in [2.05, 4.69) is 0 Å². The van der Waals surface area contributed by atoms with Crippen LogP contribution in [-0.4, -0.2) is 39.3 Å². The molecule has 0 aromatic rings. The first kappa shape index (κ1) is 29.2. The molecule has 0 saturated carbocycles. The van der Waals surface area contributed by atoms with Crippen molar-refractivity contribution in [1.29, 1.82) is 0 Å². The highest BCUT2D eigenvalue weighted by Gasteiger charge is 1.78. The maximum Gasteiger partial charge on any atom is 0.290 e. The number of hydrogen-bond acceptors (Lipinski definition) is 3. The lowest BCUT2D eigenvalue weighted by atomic mass is 10.6. The minimum Gasteiger partial charge on any atom is -0.483 e. The number of ketones is 1. The van der Waals surface area contributed by atoms with Gasteiger partial charge in [-0.25, -0.2) is 0 Å². The smallest absolute Gasteiger partial charge is 0.290 e. The third kappa shape index (κ3) is 291000.